The lowest BCUT2D eigenvalue weighted by Crippen LogP contribution is -2.18. The normalized spacial score (nSPS) is 12.2. The van der Waals surface area contributed by atoms with Crippen molar-refractivity contribution in [2.75, 3.05) is 0 Å². The van der Waals surface area contributed by atoms with E-state index in [2.05, 4.69) is 5.10 Å². The molecular formula is C7H8ClF3N2. The molecule has 0 N–H and O–H groups in total. The quantitative estimate of drug-likeness (QED) is 0.700. The standard InChI is InChI=1S/C7H8ClF3N2/c1-4-5(2)12-13(6(4)8)3-7(9,10)11/h3H2,1-2H3. The molecule has 0 atom stereocenters. The van der Waals surface area contributed by atoms with Crippen molar-refractivity contribution in [2.45, 2.75) is 26.6 Å². The number of hydrogen-bond donors (Lipinski definition) is 0. The van der Waals surface area contributed by atoms with Gasteiger partial charge in [-0.15, -0.1) is 0 Å². The molecule has 0 aliphatic rings. The van der Waals surface area contributed by atoms with E-state index in [0.717, 1.165) is 4.68 Å². The van der Waals surface area contributed by atoms with Gasteiger partial charge in [0.05, 0.1) is 5.69 Å². The van der Waals surface area contributed by atoms with Crippen molar-refractivity contribution in [1.29, 1.82) is 0 Å². The van der Waals surface area contributed by atoms with Gasteiger partial charge in [-0.1, -0.05) is 11.6 Å². The molecule has 0 fully saturated rings. The predicted molar refractivity (Wildman–Crippen MR) is 42.8 cm³/mol. The summed E-state index contributed by atoms with van der Waals surface area (Å²) in [5.41, 5.74) is 1.11. The van der Waals surface area contributed by atoms with Crippen LogP contribution >= 0.6 is 11.6 Å². The summed E-state index contributed by atoms with van der Waals surface area (Å²) in [6.45, 7) is 2.12. The summed E-state index contributed by atoms with van der Waals surface area (Å²) in [4.78, 5) is 0. The zero-order valence-electron chi connectivity index (χ0n) is 7.11. The van der Waals surface area contributed by atoms with Gasteiger partial charge in [-0.2, -0.15) is 18.3 Å². The smallest absolute Gasteiger partial charge is 0.244 e. The molecule has 0 unspecified atom stereocenters. The third-order valence-electron chi connectivity index (χ3n) is 1.68. The molecule has 2 nitrogen and oxygen atoms in total. The highest BCUT2D eigenvalue weighted by Crippen LogP contribution is 2.23. The van der Waals surface area contributed by atoms with Crippen molar-refractivity contribution >= 4 is 11.6 Å². The number of nitrogens with zero attached hydrogens (tertiary/aromatic N) is 2. The topological polar surface area (TPSA) is 17.8 Å². The number of aryl methyl sites for hydroxylation is 1. The van der Waals surface area contributed by atoms with Crippen molar-refractivity contribution in [2.24, 2.45) is 0 Å². The zero-order chi connectivity index (χ0) is 10.2. The number of aromatic nitrogens is 2. The second-order valence-corrected chi connectivity index (χ2v) is 3.13. The Morgan fingerprint density at radius 1 is 1.38 bits per heavy atom. The highest BCUT2D eigenvalue weighted by atomic mass is 35.5. The molecule has 6 heteroatoms. The van der Waals surface area contributed by atoms with Gasteiger partial charge in [0, 0.05) is 5.56 Å². The molecule has 74 valence electrons. The zero-order valence-corrected chi connectivity index (χ0v) is 7.87. The molecule has 0 aliphatic heterocycles. The minimum atomic E-state index is -4.28. The summed E-state index contributed by atoms with van der Waals surface area (Å²) in [6, 6.07) is 0. The molecule has 1 aromatic heterocycles. The van der Waals surface area contributed by atoms with E-state index in [-0.39, 0.29) is 5.15 Å². The fourth-order valence-corrected chi connectivity index (χ4v) is 1.15. The van der Waals surface area contributed by atoms with Gasteiger partial charge in [-0.05, 0) is 13.8 Å². The van der Waals surface area contributed by atoms with E-state index >= 15 is 0 Å². The summed E-state index contributed by atoms with van der Waals surface area (Å²) in [5, 5.41) is 3.71. The lowest BCUT2D eigenvalue weighted by atomic mass is 10.3. The van der Waals surface area contributed by atoms with Gasteiger partial charge in [0.1, 0.15) is 11.7 Å². The van der Waals surface area contributed by atoms with E-state index in [1.165, 1.54) is 0 Å². The van der Waals surface area contributed by atoms with E-state index in [4.69, 9.17) is 11.6 Å². The number of alkyl halides is 3. The lowest BCUT2D eigenvalue weighted by molar-refractivity contribution is -0.142. The van der Waals surface area contributed by atoms with Gasteiger partial charge in [0.25, 0.3) is 0 Å². The number of rotatable bonds is 1. The Hall–Kier alpha value is -0.710. The van der Waals surface area contributed by atoms with Crippen molar-refractivity contribution in [1.82, 2.24) is 9.78 Å². The Morgan fingerprint density at radius 2 is 1.92 bits per heavy atom. The van der Waals surface area contributed by atoms with E-state index in [0.29, 0.717) is 11.3 Å². The number of halogens is 4. The summed E-state index contributed by atoms with van der Waals surface area (Å²) in [7, 11) is 0. The largest absolute Gasteiger partial charge is 0.408 e. The monoisotopic (exact) mass is 212 g/mol. The van der Waals surface area contributed by atoms with Gasteiger partial charge < -0.3 is 0 Å². The summed E-state index contributed by atoms with van der Waals surface area (Å²) >= 11 is 5.62. The molecule has 0 saturated heterocycles. The van der Waals surface area contributed by atoms with Crippen molar-refractivity contribution in [3.05, 3.63) is 16.4 Å². The third-order valence-corrected chi connectivity index (χ3v) is 2.16. The van der Waals surface area contributed by atoms with E-state index in [9.17, 15) is 13.2 Å². The summed E-state index contributed by atoms with van der Waals surface area (Å²) < 4.78 is 36.6. The van der Waals surface area contributed by atoms with Crippen LogP contribution in [0.5, 0.6) is 0 Å². The van der Waals surface area contributed by atoms with Crippen LogP contribution in [0.1, 0.15) is 11.3 Å². The molecule has 0 aromatic carbocycles. The van der Waals surface area contributed by atoms with Crippen LogP contribution in [0.15, 0.2) is 0 Å². The maximum absolute atomic E-state index is 11.9. The van der Waals surface area contributed by atoms with Crippen LogP contribution in [-0.4, -0.2) is 16.0 Å². The van der Waals surface area contributed by atoms with Crippen molar-refractivity contribution in [3.8, 4) is 0 Å². The first-order valence-electron chi connectivity index (χ1n) is 3.57. The third kappa shape index (κ3) is 2.37. The van der Waals surface area contributed by atoms with E-state index < -0.39 is 12.7 Å². The highest BCUT2D eigenvalue weighted by Gasteiger charge is 2.30. The Morgan fingerprint density at radius 3 is 2.23 bits per heavy atom. The molecule has 13 heavy (non-hydrogen) atoms. The molecule has 1 rings (SSSR count). The van der Waals surface area contributed by atoms with E-state index in [1.54, 1.807) is 13.8 Å². The fourth-order valence-electron chi connectivity index (χ4n) is 0.917. The highest BCUT2D eigenvalue weighted by molar-refractivity contribution is 6.30. The van der Waals surface area contributed by atoms with Crippen LogP contribution in [0.4, 0.5) is 13.2 Å². The van der Waals surface area contributed by atoms with Gasteiger partial charge in [0.2, 0.25) is 0 Å². The molecule has 0 spiro atoms. The Kier molecular flexibility index (Phi) is 2.56. The molecule has 0 saturated carbocycles. The first-order chi connectivity index (χ1) is 5.81. The van der Waals surface area contributed by atoms with Crippen LogP contribution < -0.4 is 0 Å². The molecule has 0 aliphatic carbocycles. The Labute approximate surface area is 78.3 Å². The Balaban J connectivity index is 2.97. The number of hydrogen-bond acceptors (Lipinski definition) is 1. The summed E-state index contributed by atoms with van der Waals surface area (Å²) in [5.74, 6) is 0. The predicted octanol–water partition coefficient (Wildman–Crippen LogP) is 2.72. The minimum Gasteiger partial charge on any atom is -0.244 e. The minimum absolute atomic E-state index is 0.0508. The molecule has 0 bridgehead atoms. The molecule has 1 aromatic rings. The molecular weight excluding hydrogens is 205 g/mol. The molecule has 0 radical (unpaired) electrons. The van der Waals surface area contributed by atoms with Crippen LogP contribution in [-0.2, 0) is 6.54 Å². The average molecular weight is 213 g/mol. The van der Waals surface area contributed by atoms with E-state index in [1.807, 2.05) is 0 Å². The Bertz CT molecular complexity index is 316. The van der Waals surface area contributed by atoms with Gasteiger partial charge >= 0.3 is 6.18 Å². The first-order valence-corrected chi connectivity index (χ1v) is 3.95. The van der Waals surface area contributed by atoms with Crippen molar-refractivity contribution < 1.29 is 13.2 Å². The second kappa shape index (κ2) is 3.21. The average Bonchev–Trinajstić information content (AvgIpc) is 2.15. The fraction of sp³-hybridized carbons (Fsp3) is 0.571. The van der Waals surface area contributed by atoms with Crippen LogP contribution in [0.25, 0.3) is 0 Å². The summed E-state index contributed by atoms with van der Waals surface area (Å²) in [6.07, 6.45) is -4.28. The van der Waals surface area contributed by atoms with Crippen LogP contribution in [0, 0.1) is 13.8 Å². The van der Waals surface area contributed by atoms with Gasteiger partial charge in [-0.25, -0.2) is 4.68 Å². The second-order valence-electron chi connectivity index (χ2n) is 2.77. The maximum Gasteiger partial charge on any atom is 0.408 e. The van der Waals surface area contributed by atoms with Crippen molar-refractivity contribution in [3.63, 3.8) is 0 Å². The molecule has 0 amide bonds. The first kappa shape index (κ1) is 10.4. The lowest BCUT2D eigenvalue weighted by Gasteiger charge is -2.06. The van der Waals surface area contributed by atoms with Crippen LogP contribution in [0.3, 0.4) is 0 Å². The molecule has 1 heterocycles. The van der Waals surface area contributed by atoms with Gasteiger partial charge in [-0.3, -0.25) is 0 Å². The van der Waals surface area contributed by atoms with Gasteiger partial charge in [0.15, 0.2) is 0 Å². The SMILES string of the molecule is Cc1nn(CC(F)(F)F)c(Cl)c1C. The maximum atomic E-state index is 11.9. The van der Waals surface area contributed by atoms with Crippen LogP contribution in [0.2, 0.25) is 5.15 Å².